The van der Waals surface area contributed by atoms with E-state index in [9.17, 15) is 0 Å². The molecule has 0 amide bonds. The second-order valence-corrected chi connectivity index (χ2v) is 10.4. The molecule has 1 aliphatic heterocycles. The predicted molar refractivity (Wildman–Crippen MR) is 189 cm³/mol. The van der Waals surface area contributed by atoms with Gasteiger partial charge in [-0.3, -0.25) is 0 Å². The molecule has 0 aromatic heterocycles. The lowest BCUT2D eigenvalue weighted by Crippen LogP contribution is -2.16. The van der Waals surface area contributed by atoms with Gasteiger partial charge in [-0.05, 0) is 98.3 Å². The summed E-state index contributed by atoms with van der Waals surface area (Å²) in [4.78, 5) is 12.1. The van der Waals surface area contributed by atoms with Crippen LogP contribution in [0, 0.1) is 51.9 Å². The van der Waals surface area contributed by atoms with Gasteiger partial charge in [-0.2, -0.15) is 5.26 Å². The average molecular weight is 625 g/mol. The molecule has 0 bridgehead atoms. The fourth-order valence-corrected chi connectivity index (χ4v) is 4.51. The Bertz CT molecular complexity index is 1550. The van der Waals surface area contributed by atoms with E-state index >= 15 is 0 Å². The Hall–Kier alpha value is -4.89. The number of aliphatic imine (C=N–C) groups is 1. The van der Waals surface area contributed by atoms with E-state index in [-0.39, 0.29) is 6.61 Å². The number of ether oxygens (including phenoxy) is 3. The Morgan fingerprint density at radius 1 is 0.870 bits per heavy atom. The average Bonchev–Trinajstić information content (AvgIpc) is 3.06. The van der Waals surface area contributed by atoms with Crippen molar-refractivity contribution in [3.8, 4) is 53.0 Å². The van der Waals surface area contributed by atoms with Crippen molar-refractivity contribution in [2.75, 3.05) is 19.8 Å². The van der Waals surface area contributed by atoms with Crippen molar-refractivity contribution in [3.63, 3.8) is 0 Å². The van der Waals surface area contributed by atoms with Gasteiger partial charge in [0.05, 0.1) is 12.3 Å². The van der Waals surface area contributed by atoms with E-state index < -0.39 is 0 Å². The number of allylic oxidation sites excluding steroid dienone is 1. The topological polar surface area (TPSA) is 133 Å². The zero-order chi connectivity index (χ0) is 34.6. The summed E-state index contributed by atoms with van der Waals surface area (Å²) in [6.07, 6.45) is 13.2. The first-order valence-electron chi connectivity index (χ1n) is 15.3. The van der Waals surface area contributed by atoms with Gasteiger partial charge in [0, 0.05) is 18.2 Å². The van der Waals surface area contributed by atoms with Crippen LogP contribution < -0.4 is 25.7 Å². The normalized spacial score (nSPS) is 10.9. The van der Waals surface area contributed by atoms with Crippen LogP contribution in [0.15, 0.2) is 59.2 Å². The maximum atomic E-state index is 8.87. The molecule has 0 aliphatic carbocycles. The number of nitriles is 1. The van der Waals surface area contributed by atoms with Gasteiger partial charge in [-0.1, -0.05) is 44.9 Å². The molecule has 1 aliphatic rings. The van der Waals surface area contributed by atoms with Gasteiger partial charge in [0.15, 0.2) is 0 Å². The number of benzene rings is 3. The number of terminal acetylenes is 1. The Morgan fingerprint density at radius 2 is 1.54 bits per heavy atom. The number of nitrogens with two attached hydrogens (primary N) is 2. The minimum Gasteiger partial charge on any atom is -0.493 e. The second-order valence-electron chi connectivity index (χ2n) is 10.4. The minimum absolute atomic E-state index is 0.261. The number of carbonyl (C=O) groups excluding carboxylic acids is 1. The van der Waals surface area contributed by atoms with Gasteiger partial charge in [0.2, 0.25) is 0 Å². The van der Waals surface area contributed by atoms with E-state index in [2.05, 4.69) is 64.6 Å². The third-order valence-corrected chi connectivity index (χ3v) is 7.14. The van der Waals surface area contributed by atoms with E-state index in [4.69, 9.17) is 35.7 Å². The van der Waals surface area contributed by atoms with Crippen molar-refractivity contribution in [1.82, 2.24) is 0 Å². The van der Waals surface area contributed by atoms with Crippen LogP contribution in [0.5, 0.6) is 23.0 Å². The Kier molecular flexibility index (Phi) is 17.8. The number of hydrogen-bond acceptors (Lipinski definition) is 8. The van der Waals surface area contributed by atoms with Crippen molar-refractivity contribution in [2.24, 2.45) is 16.5 Å². The molecule has 0 unspecified atom stereocenters. The smallest absolute Gasteiger partial charge is 0.142 e. The number of unbranched alkanes of at least 4 members (excludes halogenated alkanes) is 1. The van der Waals surface area contributed by atoms with Gasteiger partial charge >= 0.3 is 0 Å². The van der Waals surface area contributed by atoms with E-state index in [0.29, 0.717) is 36.9 Å². The summed E-state index contributed by atoms with van der Waals surface area (Å²) < 4.78 is 18.5. The first kappa shape index (κ1) is 39.1. The number of rotatable bonds is 12. The highest BCUT2D eigenvalue weighted by Crippen LogP contribution is 2.40. The van der Waals surface area contributed by atoms with Crippen molar-refractivity contribution < 1.29 is 19.0 Å². The van der Waals surface area contributed by atoms with Crippen LogP contribution in [0.1, 0.15) is 60.9 Å². The van der Waals surface area contributed by atoms with Crippen LogP contribution in [-0.4, -0.2) is 32.3 Å². The fraction of sp³-hybridized carbons (Fsp3) is 0.342. The van der Waals surface area contributed by atoms with Crippen LogP contribution in [0.4, 0.5) is 0 Å². The molecular weight excluding hydrogens is 576 g/mol. The summed E-state index contributed by atoms with van der Waals surface area (Å²) in [6, 6.07) is 16.1. The van der Waals surface area contributed by atoms with Crippen LogP contribution in [0.25, 0.3) is 11.1 Å². The van der Waals surface area contributed by atoms with E-state index in [1.165, 1.54) is 18.4 Å². The molecule has 0 saturated heterocycles. The Morgan fingerprint density at radius 3 is 2.13 bits per heavy atom. The summed E-state index contributed by atoms with van der Waals surface area (Å²) in [5, 5.41) is 8.87. The second kappa shape index (κ2) is 21.0. The van der Waals surface area contributed by atoms with Crippen molar-refractivity contribution in [1.29, 1.82) is 5.26 Å². The molecule has 0 spiro atoms. The van der Waals surface area contributed by atoms with Gasteiger partial charge in [-0.25, -0.2) is 4.99 Å². The summed E-state index contributed by atoms with van der Waals surface area (Å²) in [5.41, 5.74) is 20.1. The van der Waals surface area contributed by atoms with Crippen LogP contribution in [0.3, 0.4) is 0 Å². The van der Waals surface area contributed by atoms with Gasteiger partial charge in [-0.15, -0.1) is 12.8 Å². The zero-order valence-electron chi connectivity index (χ0n) is 28.1. The molecule has 8 heteroatoms. The molecule has 4 rings (SSSR count). The molecule has 8 nitrogen and oxygen atoms in total. The van der Waals surface area contributed by atoms with Crippen LogP contribution in [0.2, 0.25) is 0 Å². The number of nitrogens with zero attached hydrogens (tertiary/aromatic N) is 2. The largest absolute Gasteiger partial charge is 0.493 e. The predicted octanol–water partition coefficient (Wildman–Crippen LogP) is 7.68. The molecule has 0 fully saturated rings. The highest BCUT2D eigenvalue weighted by molar-refractivity contribution is 6.03. The van der Waals surface area contributed by atoms with Gasteiger partial charge < -0.3 is 30.5 Å². The maximum absolute atomic E-state index is 8.87. The Labute approximate surface area is 275 Å². The van der Waals surface area contributed by atoms with Crippen molar-refractivity contribution >= 4 is 12.5 Å². The monoisotopic (exact) mass is 624 g/mol. The standard InChI is InChI=1S/C31H34N4O3.C4H10.C2H2.CH2O/c1-19-9-10-27(36-12-6-11-32)22(4)31(19)26-7-5-8-28(21(26)3)38-29-15-30(23(16-33)13-20(29)2)37-18-25-14-24(17-34)35-25;1-3-4-2;2*1-2/h5,7-10,13-15H,6,11-12,16,18,32-33H2,1-4H3;3-4H2,1-2H3;1-2H;1H2. The number of carbonyl (C=O) groups is 1. The van der Waals surface area contributed by atoms with Gasteiger partial charge in [0.25, 0.3) is 0 Å². The summed E-state index contributed by atoms with van der Waals surface area (Å²) in [6.45, 7) is 16.4. The molecule has 1 heterocycles. The molecular formula is C38H48N4O4. The third-order valence-electron chi connectivity index (χ3n) is 7.14. The molecule has 4 N–H and O–H groups in total. The lowest BCUT2D eigenvalue weighted by molar-refractivity contribution is -0.0980. The third kappa shape index (κ3) is 10.6. The van der Waals surface area contributed by atoms with E-state index in [0.717, 1.165) is 57.0 Å². The molecule has 0 radical (unpaired) electrons. The molecule has 0 atom stereocenters. The molecule has 0 saturated carbocycles. The minimum atomic E-state index is 0.261. The SMILES string of the molecule is C#C.C=O.CCCC.Cc1cc(CN)c(OCC2=NC(C#N)=C2)cc1Oc1cccc(-c2c(C)ccc(OCCCN)c2C)c1C. The van der Waals surface area contributed by atoms with Gasteiger partial charge in [0.1, 0.15) is 48.2 Å². The summed E-state index contributed by atoms with van der Waals surface area (Å²) in [7, 11) is 0. The molecule has 46 heavy (non-hydrogen) atoms. The zero-order valence-corrected chi connectivity index (χ0v) is 28.1. The maximum Gasteiger partial charge on any atom is 0.142 e. The quantitative estimate of drug-likeness (QED) is 0.156. The highest BCUT2D eigenvalue weighted by Gasteiger charge is 2.18. The van der Waals surface area contributed by atoms with Crippen LogP contribution >= 0.6 is 0 Å². The number of hydrogen-bond donors (Lipinski definition) is 2. The Balaban J connectivity index is 0.00000121. The molecule has 3 aromatic rings. The first-order chi connectivity index (χ1) is 22.3. The molecule has 244 valence electrons. The lowest BCUT2D eigenvalue weighted by atomic mass is 9.92. The van der Waals surface area contributed by atoms with E-state index in [1.54, 1.807) is 6.08 Å². The first-order valence-corrected chi connectivity index (χ1v) is 15.3. The van der Waals surface area contributed by atoms with Crippen molar-refractivity contribution in [2.45, 2.75) is 67.3 Å². The fourth-order valence-electron chi connectivity index (χ4n) is 4.51. The number of aryl methyl sites for hydroxylation is 2. The summed E-state index contributed by atoms with van der Waals surface area (Å²) >= 11 is 0. The van der Waals surface area contributed by atoms with Crippen molar-refractivity contribution in [3.05, 3.63) is 82.1 Å². The summed E-state index contributed by atoms with van der Waals surface area (Å²) in [5.74, 6) is 2.95. The van der Waals surface area contributed by atoms with E-state index in [1.807, 2.05) is 50.1 Å². The molecule has 3 aromatic carbocycles. The highest BCUT2D eigenvalue weighted by atomic mass is 16.5. The lowest BCUT2D eigenvalue weighted by Gasteiger charge is -2.20. The van der Waals surface area contributed by atoms with Crippen LogP contribution in [-0.2, 0) is 11.3 Å².